The summed E-state index contributed by atoms with van der Waals surface area (Å²) in [5.41, 5.74) is 1.53. The fourth-order valence-corrected chi connectivity index (χ4v) is 2.94. The Morgan fingerprint density at radius 1 is 1.14 bits per heavy atom. The lowest BCUT2D eigenvalue weighted by Crippen LogP contribution is -2.29. The first-order valence-corrected chi connectivity index (χ1v) is 9.74. The third-order valence-electron chi connectivity index (χ3n) is 4.70. The minimum Gasteiger partial charge on any atom is -0.379 e. The molecule has 3 amide bonds. The molecule has 1 heterocycles. The van der Waals surface area contributed by atoms with Gasteiger partial charge in [-0.1, -0.05) is 26.0 Å². The van der Waals surface area contributed by atoms with Gasteiger partial charge < -0.3 is 10.1 Å². The van der Waals surface area contributed by atoms with Gasteiger partial charge in [0.2, 0.25) is 17.7 Å². The molecule has 1 fully saturated rings. The SMILES string of the molecule is CCC(=O)CCOCCNC(=O)CCc1ccc(N2C(=O)CC(C)C2=O)cc1. The van der Waals surface area contributed by atoms with Crippen molar-refractivity contribution in [3.05, 3.63) is 29.8 Å². The van der Waals surface area contributed by atoms with E-state index in [0.29, 0.717) is 51.1 Å². The molecule has 1 saturated heterocycles. The van der Waals surface area contributed by atoms with Crippen molar-refractivity contribution in [1.82, 2.24) is 5.32 Å². The number of rotatable bonds is 11. The molecule has 1 aromatic rings. The topological polar surface area (TPSA) is 92.8 Å². The van der Waals surface area contributed by atoms with Gasteiger partial charge in [0.15, 0.2) is 0 Å². The average molecular weight is 388 g/mol. The fourth-order valence-electron chi connectivity index (χ4n) is 2.94. The summed E-state index contributed by atoms with van der Waals surface area (Å²) in [6.07, 6.45) is 2.08. The Morgan fingerprint density at radius 3 is 2.46 bits per heavy atom. The van der Waals surface area contributed by atoms with Crippen LogP contribution in [0, 0.1) is 5.92 Å². The summed E-state index contributed by atoms with van der Waals surface area (Å²) in [5, 5.41) is 2.78. The summed E-state index contributed by atoms with van der Waals surface area (Å²) in [4.78, 5) is 48.2. The van der Waals surface area contributed by atoms with E-state index in [1.807, 2.05) is 19.1 Å². The van der Waals surface area contributed by atoms with Crippen LogP contribution in [-0.2, 0) is 30.3 Å². The maximum Gasteiger partial charge on any atom is 0.237 e. The normalized spacial score (nSPS) is 16.5. The zero-order valence-electron chi connectivity index (χ0n) is 16.5. The van der Waals surface area contributed by atoms with Gasteiger partial charge in [-0.25, -0.2) is 0 Å². The van der Waals surface area contributed by atoms with Crippen LogP contribution in [0.15, 0.2) is 24.3 Å². The van der Waals surface area contributed by atoms with Crippen molar-refractivity contribution in [2.75, 3.05) is 24.7 Å². The van der Waals surface area contributed by atoms with Crippen LogP contribution in [0.25, 0.3) is 0 Å². The number of Topliss-reactive ketones (excluding diaryl/α,β-unsaturated/α-hetero) is 1. The number of hydrogen-bond donors (Lipinski definition) is 1. The molecule has 2 rings (SSSR count). The Kier molecular flexibility index (Phi) is 8.32. The zero-order valence-corrected chi connectivity index (χ0v) is 16.5. The van der Waals surface area contributed by atoms with Gasteiger partial charge >= 0.3 is 0 Å². The van der Waals surface area contributed by atoms with Crippen molar-refractivity contribution < 1.29 is 23.9 Å². The number of nitrogens with one attached hydrogen (secondary N) is 1. The molecule has 0 radical (unpaired) electrons. The largest absolute Gasteiger partial charge is 0.379 e. The lowest BCUT2D eigenvalue weighted by Gasteiger charge is -2.14. The van der Waals surface area contributed by atoms with Gasteiger partial charge in [0.25, 0.3) is 0 Å². The van der Waals surface area contributed by atoms with Crippen LogP contribution in [0.2, 0.25) is 0 Å². The molecule has 1 unspecified atom stereocenters. The Hall–Kier alpha value is -2.54. The third kappa shape index (κ3) is 6.27. The molecule has 7 heteroatoms. The van der Waals surface area contributed by atoms with Crippen LogP contribution in [-0.4, -0.2) is 43.3 Å². The lowest BCUT2D eigenvalue weighted by molar-refractivity contribution is -0.122. The lowest BCUT2D eigenvalue weighted by atomic mass is 10.1. The molecular formula is C21H28N2O5. The number of imide groups is 1. The maximum absolute atomic E-state index is 12.1. The predicted octanol–water partition coefficient (Wildman–Crippen LogP) is 2.02. The summed E-state index contributed by atoms with van der Waals surface area (Å²) in [6.45, 7) is 4.75. The number of carbonyl (C=O) groups excluding carboxylic acids is 4. The molecular weight excluding hydrogens is 360 g/mol. The van der Waals surface area contributed by atoms with Crippen molar-refractivity contribution in [2.24, 2.45) is 5.92 Å². The van der Waals surface area contributed by atoms with Gasteiger partial charge in [-0.3, -0.25) is 24.1 Å². The highest BCUT2D eigenvalue weighted by molar-refractivity contribution is 6.20. The Balaban J connectivity index is 1.67. The molecule has 0 spiro atoms. The van der Waals surface area contributed by atoms with E-state index >= 15 is 0 Å². The van der Waals surface area contributed by atoms with Gasteiger partial charge in [0.05, 0.1) is 18.9 Å². The van der Waals surface area contributed by atoms with Crippen molar-refractivity contribution in [3.8, 4) is 0 Å². The molecule has 1 aromatic carbocycles. The first kappa shape index (κ1) is 21.8. The number of nitrogens with zero attached hydrogens (tertiary/aromatic N) is 1. The zero-order chi connectivity index (χ0) is 20.5. The highest BCUT2D eigenvalue weighted by Gasteiger charge is 2.36. The van der Waals surface area contributed by atoms with Crippen LogP contribution < -0.4 is 10.2 Å². The summed E-state index contributed by atoms with van der Waals surface area (Å²) >= 11 is 0. The summed E-state index contributed by atoms with van der Waals surface area (Å²) in [5.74, 6) is -0.518. The summed E-state index contributed by atoms with van der Waals surface area (Å²) < 4.78 is 5.31. The molecule has 1 aliphatic rings. The van der Waals surface area contributed by atoms with E-state index in [-0.39, 0.29) is 35.8 Å². The van der Waals surface area contributed by atoms with Crippen molar-refractivity contribution in [3.63, 3.8) is 0 Å². The number of ether oxygens (including phenoxy) is 1. The number of amides is 3. The van der Waals surface area contributed by atoms with Gasteiger partial charge in [-0.05, 0) is 24.1 Å². The highest BCUT2D eigenvalue weighted by atomic mass is 16.5. The second-order valence-electron chi connectivity index (χ2n) is 6.94. The van der Waals surface area contributed by atoms with Gasteiger partial charge in [0, 0.05) is 38.1 Å². The van der Waals surface area contributed by atoms with Crippen LogP contribution in [0.3, 0.4) is 0 Å². The molecule has 0 aromatic heterocycles. The molecule has 28 heavy (non-hydrogen) atoms. The van der Waals surface area contributed by atoms with E-state index in [9.17, 15) is 19.2 Å². The van der Waals surface area contributed by atoms with E-state index in [2.05, 4.69) is 5.32 Å². The molecule has 0 bridgehead atoms. The van der Waals surface area contributed by atoms with Crippen molar-refractivity contribution in [1.29, 1.82) is 0 Å². The standard InChI is InChI=1S/C21H28N2O5/c1-3-18(24)10-12-28-13-11-22-19(25)9-6-16-4-7-17(8-5-16)23-20(26)14-15(2)21(23)27/h4-5,7-8,15H,3,6,9-14H2,1-2H3,(H,22,25). The molecule has 1 atom stereocenters. The smallest absolute Gasteiger partial charge is 0.237 e. The molecule has 0 aliphatic carbocycles. The molecule has 0 saturated carbocycles. The Morgan fingerprint density at radius 2 is 1.86 bits per heavy atom. The van der Waals surface area contributed by atoms with Crippen LogP contribution in [0.5, 0.6) is 0 Å². The first-order valence-electron chi connectivity index (χ1n) is 9.74. The first-order chi connectivity index (χ1) is 13.4. The maximum atomic E-state index is 12.1. The average Bonchev–Trinajstić information content (AvgIpc) is 2.94. The summed E-state index contributed by atoms with van der Waals surface area (Å²) in [6, 6.07) is 7.15. The van der Waals surface area contributed by atoms with Gasteiger partial charge in [-0.15, -0.1) is 0 Å². The number of aryl methyl sites for hydroxylation is 1. The van der Waals surface area contributed by atoms with Crippen molar-refractivity contribution >= 4 is 29.2 Å². The quantitative estimate of drug-likeness (QED) is 0.462. The number of hydrogen-bond acceptors (Lipinski definition) is 5. The van der Waals surface area contributed by atoms with Gasteiger partial charge in [0.1, 0.15) is 5.78 Å². The van der Waals surface area contributed by atoms with Crippen molar-refractivity contribution in [2.45, 2.75) is 46.0 Å². The Labute approximate surface area is 165 Å². The van der Waals surface area contributed by atoms with E-state index in [1.165, 1.54) is 4.90 Å². The highest BCUT2D eigenvalue weighted by Crippen LogP contribution is 2.26. The fraction of sp³-hybridized carbons (Fsp3) is 0.524. The third-order valence-corrected chi connectivity index (χ3v) is 4.70. The number of carbonyl (C=O) groups is 4. The number of ketones is 1. The monoisotopic (exact) mass is 388 g/mol. The minimum atomic E-state index is -0.271. The minimum absolute atomic E-state index is 0.0731. The Bertz CT molecular complexity index is 714. The van der Waals surface area contributed by atoms with Crippen LogP contribution >= 0.6 is 0 Å². The van der Waals surface area contributed by atoms with Gasteiger partial charge in [-0.2, -0.15) is 0 Å². The second-order valence-corrected chi connectivity index (χ2v) is 6.94. The summed E-state index contributed by atoms with van der Waals surface area (Å²) in [7, 11) is 0. The van der Waals surface area contributed by atoms with E-state index in [1.54, 1.807) is 19.1 Å². The number of benzene rings is 1. The molecule has 1 aliphatic heterocycles. The van der Waals surface area contributed by atoms with E-state index in [4.69, 9.17) is 4.74 Å². The van der Waals surface area contributed by atoms with E-state index in [0.717, 1.165) is 5.56 Å². The van der Waals surface area contributed by atoms with Crippen LogP contribution in [0.4, 0.5) is 5.69 Å². The predicted molar refractivity (Wildman–Crippen MR) is 105 cm³/mol. The molecule has 152 valence electrons. The molecule has 1 N–H and O–H groups in total. The van der Waals surface area contributed by atoms with Crippen LogP contribution in [0.1, 0.15) is 45.1 Å². The van der Waals surface area contributed by atoms with E-state index < -0.39 is 0 Å². The second kappa shape index (κ2) is 10.7. The number of anilines is 1. The molecule has 7 nitrogen and oxygen atoms in total.